The van der Waals surface area contributed by atoms with Crippen molar-refractivity contribution in [3.05, 3.63) is 12.7 Å². The van der Waals surface area contributed by atoms with Crippen molar-refractivity contribution in [3.63, 3.8) is 0 Å². The Morgan fingerprint density at radius 3 is 2.56 bits per heavy atom. The second-order valence-electron chi connectivity index (χ2n) is 1.26. The predicted molar refractivity (Wildman–Crippen MR) is 38.9 cm³/mol. The summed E-state index contributed by atoms with van der Waals surface area (Å²) in [6.07, 6.45) is 1.36. The molecule has 3 nitrogen and oxygen atoms in total. The van der Waals surface area contributed by atoms with E-state index in [1.165, 1.54) is 6.08 Å². The van der Waals surface area contributed by atoms with Gasteiger partial charge < -0.3 is 0 Å². The smallest absolute Gasteiger partial charge is 0.265 e. The van der Waals surface area contributed by atoms with Crippen molar-refractivity contribution in [2.75, 3.05) is 11.7 Å². The largest absolute Gasteiger partial charge is 0.276 e. The van der Waals surface area contributed by atoms with Crippen LogP contribution >= 0.6 is 12.6 Å². The van der Waals surface area contributed by atoms with Gasteiger partial charge in [0.25, 0.3) is 10.1 Å². The summed E-state index contributed by atoms with van der Waals surface area (Å²) in [6, 6.07) is 0. The van der Waals surface area contributed by atoms with E-state index < -0.39 is 10.1 Å². The van der Waals surface area contributed by atoms with Crippen LogP contribution in [0.4, 0.5) is 0 Å². The quantitative estimate of drug-likeness (QED) is 0.375. The summed E-state index contributed by atoms with van der Waals surface area (Å²) in [5.41, 5.74) is 0. The van der Waals surface area contributed by atoms with E-state index in [-0.39, 0.29) is 11.7 Å². The van der Waals surface area contributed by atoms with Crippen molar-refractivity contribution >= 4 is 22.7 Å². The van der Waals surface area contributed by atoms with E-state index in [0.717, 1.165) is 0 Å². The molecule has 0 aromatic heterocycles. The Hall–Kier alpha value is -0.0000000000000000555. The van der Waals surface area contributed by atoms with Crippen molar-refractivity contribution in [3.8, 4) is 0 Å². The highest BCUT2D eigenvalue weighted by Crippen LogP contribution is 1.94. The maximum atomic E-state index is 10.4. The molecule has 54 valence electrons. The predicted octanol–water partition coefficient (Wildman–Crippen LogP) is 0.406. The lowest BCUT2D eigenvalue weighted by atomic mass is 10.7. The van der Waals surface area contributed by atoms with Gasteiger partial charge >= 0.3 is 0 Å². The molecule has 0 rings (SSSR count). The molecular weight excluding hydrogens is 160 g/mol. The normalized spacial score (nSPS) is 11.2. The molecule has 0 saturated carbocycles. The van der Waals surface area contributed by atoms with Crippen LogP contribution in [0.25, 0.3) is 0 Å². The van der Waals surface area contributed by atoms with Crippen LogP contribution in [0.15, 0.2) is 12.7 Å². The number of hydrogen-bond acceptors (Lipinski definition) is 4. The van der Waals surface area contributed by atoms with Crippen molar-refractivity contribution in [2.45, 2.75) is 0 Å². The van der Waals surface area contributed by atoms with E-state index in [1.54, 1.807) is 0 Å². The standard InChI is InChI=1S/C4H8O3S2/c1-2-3-7-9(5,6)4-8/h2,8H,1,3-4H2. The van der Waals surface area contributed by atoms with Crippen LogP contribution in [0.3, 0.4) is 0 Å². The average Bonchev–Trinajstić information content (AvgIpc) is 1.84. The molecule has 0 atom stereocenters. The molecule has 0 bridgehead atoms. The van der Waals surface area contributed by atoms with Gasteiger partial charge in [0, 0.05) is 0 Å². The van der Waals surface area contributed by atoms with E-state index in [1.807, 2.05) is 0 Å². The van der Waals surface area contributed by atoms with Gasteiger partial charge in [-0.1, -0.05) is 6.08 Å². The van der Waals surface area contributed by atoms with Gasteiger partial charge in [0.2, 0.25) is 0 Å². The minimum Gasteiger partial charge on any atom is -0.265 e. The third-order valence-corrected chi connectivity index (χ3v) is 2.28. The second kappa shape index (κ2) is 3.92. The summed E-state index contributed by atoms with van der Waals surface area (Å²) in [4.78, 5) is 0. The molecule has 5 heteroatoms. The molecule has 0 aliphatic heterocycles. The molecule has 0 fully saturated rings. The van der Waals surface area contributed by atoms with Crippen LogP contribution in [0.1, 0.15) is 0 Å². The van der Waals surface area contributed by atoms with Crippen molar-refractivity contribution in [1.29, 1.82) is 0 Å². The number of hydrogen-bond donors (Lipinski definition) is 1. The Bertz CT molecular complexity index is 170. The number of thiol groups is 1. The monoisotopic (exact) mass is 168 g/mol. The zero-order chi connectivity index (χ0) is 7.33. The van der Waals surface area contributed by atoms with Gasteiger partial charge in [-0.2, -0.15) is 21.0 Å². The maximum Gasteiger partial charge on any atom is 0.276 e. The summed E-state index contributed by atoms with van der Waals surface area (Å²) in [7, 11) is -3.39. The molecule has 0 amide bonds. The molecule has 0 radical (unpaired) electrons. The van der Waals surface area contributed by atoms with Crippen molar-refractivity contribution in [2.24, 2.45) is 0 Å². The molecule has 0 spiro atoms. The van der Waals surface area contributed by atoms with Crippen LogP contribution in [0.2, 0.25) is 0 Å². The second-order valence-corrected chi connectivity index (χ2v) is 3.64. The van der Waals surface area contributed by atoms with E-state index in [2.05, 4.69) is 23.4 Å². The van der Waals surface area contributed by atoms with Gasteiger partial charge in [0.15, 0.2) is 0 Å². The highest BCUT2D eigenvalue weighted by atomic mass is 32.3. The van der Waals surface area contributed by atoms with Gasteiger partial charge in [-0.05, 0) is 0 Å². The summed E-state index contributed by atoms with van der Waals surface area (Å²) in [5, 5.41) is -0.291. The zero-order valence-corrected chi connectivity index (χ0v) is 6.49. The van der Waals surface area contributed by atoms with Gasteiger partial charge in [-0.25, -0.2) is 0 Å². The summed E-state index contributed by atoms with van der Waals surface area (Å²) < 4.78 is 25.1. The van der Waals surface area contributed by atoms with Crippen LogP contribution in [0, 0.1) is 0 Å². The van der Waals surface area contributed by atoms with Gasteiger partial charge in [0.1, 0.15) is 5.08 Å². The van der Waals surface area contributed by atoms with Crippen LogP contribution in [-0.4, -0.2) is 20.1 Å². The summed E-state index contributed by atoms with van der Waals surface area (Å²) in [5.74, 6) is 0. The Balaban J connectivity index is 3.74. The molecule has 0 aromatic carbocycles. The lowest BCUT2D eigenvalue weighted by Gasteiger charge is -1.96. The Labute approximate surface area is 60.2 Å². The van der Waals surface area contributed by atoms with Crippen LogP contribution in [-0.2, 0) is 14.3 Å². The molecule has 9 heavy (non-hydrogen) atoms. The van der Waals surface area contributed by atoms with Gasteiger partial charge in [-0.15, -0.1) is 6.58 Å². The van der Waals surface area contributed by atoms with E-state index in [9.17, 15) is 8.42 Å². The minimum absolute atomic E-state index is 0.0168. The number of rotatable bonds is 4. The fourth-order valence-electron chi connectivity index (χ4n) is 0.189. The first-order chi connectivity index (χ1) is 4.12. The van der Waals surface area contributed by atoms with Crippen molar-refractivity contribution in [1.82, 2.24) is 0 Å². The van der Waals surface area contributed by atoms with E-state index in [4.69, 9.17) is 0 Å². The Morgan fingerprint density at radius 2 is 2.22 bits per heavy atom. The Morgan fingerprint density at radius 1 is 1.67 bits per heavy atom. The lowest BCUT2D eigenvalue weighted by molar-refractivity contribution is 0.361. The van der Waals surface area contributed by atoms with Crippen molar-refractivity contribution < 1.29 is 12.6 Å². The summed E-state index contributed by atoms with van der Waals surface area (Å²) in [6.45, 7) is 3.30. The van der Waals surface area contributed by atoms with Crippen LogP contribution < -0.4 is 0 Å². The lowest BCUT2D eigenvalue weighted by Crippen LogP contribution is -2.06. The highest BCUT2D eigenvalue weighted by Gasteiger charge is 2.04. The Kier molecular flexibility index (Phi) is 3.92. The molecule has 0 N–H and O–H groups in total. The third kappa shape index (κ3) is 4.50. The van der Waals surface area contributed by atoms with Gasteiger partial charge in [0.05, 0.1) is 6.61 Å². The minimum atomic E-state index is -3.39. The molecule has 0 aromatic rings. The van der Waals surface area contributed by atoms with Gasteiger partial charge in [-0.3, -0.25) is 4.18 Å². The fraction of sp³-hybridized carbons (Fsp3) is 0.500. The highest BCUT2D eigenvalue weighted by molar-refractivity contribution is 8.01. The molecular formula is C4H8O3S2. The van der Waals surface area contributed by atoms with E-state index in [0.29, 0.717) is 0 Å². The molecule has 0 aliphatic rings. The fourth-order valence-corrected chi connectivity index (χ4v) is 0.791. The first-order valence-electron chi connectivity index (χ1n) is 2.21. The van der Waals surface area contributed by atoms with Crippen LogP contribution in [0.5, 0.6) is 0 Å². The topological polar surface area (TPSA) is 43.4 Å². The first kappa shape index (κ1) is 9.00. The SMILES string of the molecule is C=CCOS(=O)(=O)CS. The molecule has 0 heterocycles. The maximum absolute atomic E-state index is 10.4. The molecule has 0 saturated heterocycles. The summed E-state index contributed by atoms with van der Waals surface area (Å²) >= 11 is 3.53. The molecule has 0 aliphatic carbocycles. The van der Waals surface area contributed by atoms with E-state index >= 15 is 0 Å². The molecule has 0 unspecified atom stereocenters. The average molecular weight is 168 g/mol. The third-order valence-electron chi connectivity index (χ3n) is 0.524. The first-order valence-corrected chi connectivity index (χ1v) is 4.42. The zero-order valence-electron chi connectivity index (χ0n) is 4.78.